The van der Waals surface area contributed by atoms with Gasteiger partial charge in [0.05, 0.1) is 13.2 Å². The number of hydrogen-bond donors (Lipinski definition) is 1. The Morgan fingerprint density at radius 3 is 2.94 bits per heavy atom. The average molecular weight is 259 g/mol. The standard InChI is InChI=1S/C12H21NO3S/c1-15-12(14)11(13-9-4-5-9)8-17-7-10-3-2-6-16-10/h9-11,13H,2-8H2,1H3. The van der Waals surface area contributed by atoms with Gasteiger partial charge in [-0.3, -0.25) is 4.79 Å². The first-order chi connectivity index (χ1) is 8.29. The number of thioether (sulfide) groups is 1. The molecular weight excluding hydrogens is 238 g/mol. The van der Waals surface area contributed by atoms with E-state index in [0.29, 0.717) is 12.1 Å². The smallest absolute Gasteiger partial charge is 0.323 e. The van der Waals surface area contributed by atoms with Crippen LogP contribution in [0, 0.1) is 0 Å². The van der Waals surface area contributed by atoms with E-state index in [0.717, 1.165) is 24.5 Å². The highest BCUT2D eigenvalue weighted by atomic mass is 32.2. The van der Waals surface area contributed by atoms with Crippen LogP contribution in [0.15, 0.2) is 0 Å². The van der Waals surface area contributed by atoms with Gasteiger partial charge in [0, 0.05) is 24.2 Å². The van der Waals surface area contributed by atoms with Crippen molar-refractivity contribution in [1.29, 1.82) is 0 Å². The molecule has 0 spiro atoms. The lowest BCUT2D eigenvalue weighted by atomic mass is 10.3. The van der Waals surface area contributed by atoms with Crippen LogP contribution < -0.4 is 5.32 Å². The number of hydrogen-bond acceptors (Lipinski definition) is 5. The molecule has 1 aliphatic carbocycles. The zero-order valence-electron chi connectivity index (χ0n) is 10.3. The maximum atomic E-state index is 11.6. The van der Waals surface area contributed by atoms with Crippen molar-refractivity contribution in [3.8, 4) is 0 Å². The highest BCUT2D eigenvalue weighted by molar-refractivity contribution is 7.99. The van der Waals surface area contributed by atoms with Gasteiger partial charge >= 0.3 is 5.97 Å². The van der Waals surface area contributed by atoms with Crippen LogP contribution in [0.25, 0.3) is 0 Å². The van der Waals surface area contributed by atoms with Crippen molar-refractivity contribution in [2.75, 3.05) is 25.2 Å². The Morgan fingerprint density at radius 2 is 2.35 bits per heavy atom. The van der Waals surface area contributed by atoms with Crippen LogP contribution in [-0.4, -0.2) is 49.4 Å². The van der Waals surface area contributed by atoms with Gasteiger partial charge in [-0.25, -0.2) is 0 Å². The molecule has 0 bridgehead atoms. The molecule has 4 nitrogen and oxygen atoms in total. The second-order valence-electron chi connectivity index (χ2n) is 4.69. The van der Waals surface area contributed by atoms with Crippen LogP contribution in [0.3, 0.4) is 0 Å². The van der Waals surface area contributed by atoms with Gasteiger partial charge in [-0.05, 0) is 25.7 Å². The molecule has 0 amide bonds. The highest BCUT2D eigenvalue weighted by Gasteiger charge is 2.29. The summed E-state index contributed by atoms with van der Waals surface area (Å²) in [5.74, 6) is 1.62. The zero-order valence-corrected chi connectivity index (χ0v) is 11.1. The van der Waals surface area contributed by atoms with E-state index < -0.39 is 0 Å². The van der Waals surface area contributed by atoms with E-state index >= 15 is 0 Å². The molecule has 2 unspecified atom stereocenters. The lowest BCUT2D eigenvalue weighted by molar-refractivity contribution is -0.142. The number of esters is 1. The molecule has 2 rings (SSSR count). The Labute approximate surface area is 107 Å². The number of rotatable bonds is 7. The fraction of sp³-hybridized carbons (Fsp3) is 0.917. The van der Waals surface area contributed by atoms with Crippen LogP contribution in [-0.2, 0) is 14.3 Å². The lowest BCUT2D eigenvalue weighted by Gasteiger charge is -2.16. The molecule has 2 fully saturated rings. The predicted octanol–water partition coefficient (Wildman–Crippen LogP) is 1.19. The van der Waals surface area contributed by atoms with Gasteiger partial charge in [-0.15, -0.1) is 0 Å². The summed E-state index contributed by atoms with van der Waals surface area (Å²) in [5, 5.41) is 3.33. The number of carbonyl (C=O) groups excluding carboxylic acids is 1. The third-order valence-corrected chi connectivity index (χ3v) is 4.29. The largest absolute Gasteiger partial charge is 0.468 e. The molecule has 1 N–H and O–H groups in total. The van der Waals surface area contributed by atoms with E-state index in [2.05, 4.69) is 5.32 Å². The van der Waals surface area contributed by atoms with Crippen LogP contribution in [0.2, 0.25) is 0 Å². The molecule has 17 heavy (non-hydrogen) atoms. The Hall–Kier alpha value is -0.260. The monoisotopic (exact) mass is 259 g/mol. The van der Waals surface area contributed by atoms with Crippen LogP contribution in [0.4, 0.5) is 0 Å². The topological polar surface area (TPSA) is 47.6 Å². The minimum Gasteiger partial charge on any atom is -0.468 e. The summed E-state index contributed by atoms with van der Waals surface area (Å²) in [7, 11) is 1.45. The molecule has 1 saturated carbocycles. The summed E-state index contributed by atoms with van der Waals surface area (Å²) in [5.41, 5.74) is 0. The van der Waals surface area contributed by atoms with Crippen molar-refractivity contribution < 1.29 is 14.3 Å². The molecule has 2 atom stereocenters. The molecule has 0 radical (unpaired) electrons. The Bertz CT molecular complexity index is 252. The van der Waals surface area contributed by atoms with Crippen LogP contribution >= 0.6 is 11.8 Å². The summed E-state index contributed by atoms with van der Waals surface area (Å²) in [6.45, 7) is 0.895. The van der Waals surface area contributed by atoms with Crippen molar-refractivity contribution in [3.05, 3.63) is 0 Å². The molecule has 98 valence electrons. The van der Waals surface area contributed by atoms with Gasteiger partial charge < -0.3 is 14.8 Å². The zero-order chi connectivity index (χ0) is 12.1. The number of carbonyl (C=O) groups is 1. The van der Waals surface area contributed by atoms with Crippen molar-refractivity contribution in [1.82, 2.24) is 5.32 Å². The maximum absolute atomic E-state index is 11.6. The molecule has 1 heterocycles. The summed E-state index contributed by atoms with van der Waals surface area (Å²) in [6, 6.07) is 0.376. The first kappa shape index (κ1) is 13.2. The van der Waals surface area contributed by atoms with Crippen LogP contribution in [0.1, 0.15) is 25.7 Å². The minimum atomic E-state index is -0.154. The minimum absolute atomic E-state index is 0.142. The average Bonchev–Trinajstić information content (AvgIpc) is 3.01. The SMILES string of the molecule is COC(=O)C(CSCC1CCCO1)NC1CC1. The van der Waals surface area contributed by atoms with Gasteiger partial charge in [0.25, 0.3) is 0 Å². The Kier molecular flexibility index (Phi) is 5.13. The fourth-order valence-corrected chi connectivity index (χ4v) is 3.08. The van der Waals surface area contributed by atoms with E-state index in [9.17, 15) is 4.79 Å². The molecule has 1 saturated heterocycles. The quantitative estimate of drug-likeness (QED) is 0.696. The van der Waals surface area contributed by atoms with E-state index in [1.54, 1.807) is 11.8 Å². The van der Waals surface area contributed by atoms with Crippen molar-refractivity contribution in [3.63, 3.8) is 0 Å². The number of ether oxygens (including phenoxy) is 2. The van der Waals surface area contributed by atoms with E-state index in [1.165, 1.54) is 26.4 Å². The van der Waals surface area contributed by atoms with E-state index in [4.69, 9.17) is 9.47 Å². The predicted molar refractivity (Wildman–Crippen MR) is 68.3 cm³/mol. The summed E-state index contributed by atoms with van der Waals surface area (Å²) >= 11 is 1.78. The summed E-state index contributed by atoms with van der Waals surface area (Å²) < 4.78 is 10.4. The Balaban J connectivity index is 1.66. The van der Waals surface area contributed by atoms with Crippen molar-refractivity contribution in [2.45, 2.75) is 43.9 Å². The second-order valence-corrected chi connectivity index (χ2v) is 5.76. The molecular formula is C12H21NO3S. The normalized spacial score (nSPS) is 25.8. The van der Waals surface area contributed by atoms with E-state index in [-0.39, 0.29) is 12.0 Å². The first-order valence-corrected chi connectivity index (χ1v) is 7.48. The number of methoxy groups -OCH3 is 1. The van der Waals surface area contributed by atoms with Gasteiger partial charge in [0.15, 0.2) is 0 Å². The highest BCUT2D eigenvalue weighted by Crippen LogP contribution is 2.22. The fourth-order valence-electron chi connectivity index (χ4n) is 1.95. The van der Waals surface area contributed by atoms with Gasteiger partial charge in [0.2, 0.25) is 0 Å². The Morgan fingerprint density at radius 1 is 1.53 bits per heavy atom. The molecule has 0 aromatic heterocycles. The summed E-state index contributed by atoms with van der Waals surface area (Å²) in [4.78, 5) is 11.6. The lowest BCUT2D eigenvalue weighted by Crippen LogP contribution is -2.41. The van der Waals surface area contributed by atoms with Crippen molar-refractivity contribution >= 4 is 17.7 Å². The molecule has 0 aromatic rings. The third kappa shape index (κ3) is 4.48. The van der Waals surface area contributed by atoms with Gasteiger partial charge in [-0.2, -0.15) is 11.8 Å². The summed E-state index contributed by atoms with van der Waals surface area (Å²) in [6.07, 6.45) is 5.09. The molecule has 1 aliphatic heterocycles. The first-order valence-electron chi connectivity index (χ1n) is 6.33. The molecule has 2 aliphatic rings. The van der Waals surface area contributed by atoms with Crippen molar-refractivity contribution in [2.24, 2.45) is 0 Å². The molecule has 0 aromatic carbocycles. The van der Waals surface area contributed by atoms with Crippen LogP contribution in [0.5, 0.6) is 0 Å². The van der Waals surface area contributed by atoms with Gasteiger partial charge in [0.1, 0.15) is 6.04 Å². The van der Waals surface area contributed by atoms with Gasteiger partial charge in [-0.1, -0.05) is 0 Å². The third-order valence-electron chi connectivity index (χ3n) is 3.11. The maximum Gasteiger partial charge on any atom is 0.323 e. The van der Waals surface area contributed by atoms with E-state index in [1.807, 2.05) is 0 Å². The second kappa shape index (κ2) is 6.61. The number of nitrogens with one attached hydrogen (secondary N) is 1. The molecule has 5 heteroatoms.